The second kappa shape index (κ2) is 3.01. The van der Waals surface area contributed by atoms with E-state index >= 15 is 0 Å². The number of hydrogen-bond acceptors (Lipinski definition) is 3. The highest BCUT2D eigenvalue weighted by Gasteiger charge is 2.36. The first kappa shape index (κ1) is 9.06. The molecule has 1 aromatic rings. The first-order chi connectivity index (χ1) is 6.63. The van der Waals surface area contributed by atoms with E-state index in [1.165, 1.54) is 0 Å². The molecule has 0 spiro atoms. The second-order valence-corrected chi connectivity index (χ2v) is 3.96. The first-order valence-electron chi connectivity index (χ1n) is 4.63. The molecule has 0 aromatic heterocycles. The van der Waals surface area contributed by atoms with Crippen LogP contribution in [-0.2, 0) is 4.79 Å². The summed E-state index contributed by atoms with van der Waals surface area (Å²) in [5.74, 6) is 0.801. The van der Waals surface area contributed by atoms with Gasteiger partial charge in [-0.15, -0.1) is 0 Å². The normalized spacial score (nSPS) is 22.9. The van der Waals surface area contributed by atoms with Crippen LogP contribution in [0.1, 0.15) is 13.8 Å². The quantitative estimate of drug-likeness (QED) is 0.688. The average Bonchev–Trinajstić information content (AvgIpc) is 2.15. The van der Waals surface area contributed by atoms with Crippen LogP contribution in [0.5, 0.6) is 5.75 Å². The fraction of sp³-hybridized carbons (Fsp3) is 0.364. The highest BCUT2D eigenvalue weighted by atomic mass is 16.5. The summed E-state index contributed by atoms with van der Waals surface area (Å²) >= 11 is 0. The van der Waals surface area contributed by atoms with E-state index in [1.54, 1.807) is 0 Å². The van der Waals surface area contributed by atoms with Gasteiger partial charge in [0, 0.05) is 0 Å². The Bertz CT molecular complexity index is 360. The number of carbonyl (C=O) groups is 1. The fourth-order valence-corrected chi connectivity index (χ4v) is 1.56. The van der Waals surface area contributed by atoms with Crippen molar-refractivity contribution in [2.75, 3.05) is 5.32 Å². The van der Waals surface area contributed by atoms with Gasteiger partial charge in [0.1, 0.15) is 23.7 Å². The molecule has 3 nitrogen and oxygen atoms in total. The van der Waals surface area contributed by atoms with Crippen molar-refractivity contribution in [3.8, 4) is 5.75 Å². The molecule has 1 N–H and O–H groups in total. The van der Waals surface area contributed by atoms with Crippen molar-refractivity contribution in [1.82, 2.24) is 0 Å². The Balaban J connectivity index is 2.39. The maximum Gasteiger partial charge on any atom is 0.146 e. The fourth-order valence-electron chi connectivity index (χ4n) is 1.56. The van der Waals surface area contributed by atoms with Crippen molar-refractivity contribution in [2.45, 2.75) is 25.5 Å². The lowest BCUT2D eigenvalue weighted by Gasteiger charge is -2.38. The van der Waals surface area contributed by atoms with E-state index in [0.29, 0.717) is 0 Å². The van der Waals surface area contributed by atoms with Gasteiger partial charge in [0.2, 0.25) is 0 Å². The predicted molar refractivity (Wildman–Crippen MR) is 54.6 cm³/mol. The minimum absolute atomic E-state index is 0.294. The zero-order valence-corrected chi connectivity index (χ0v) is 8.28. The molecule has 0 bridgehead atoms. The summed E-state index contributed by atoms with van der Waals surface area (Å²) in [7, 11) is 0. The first-order valence-corrected chi connectivity index (χ1v) is 4.63. The molecule has 0 saturated heterocycles. The molecule has 0 saturated carbocycles. The predicted octanol–water partition coefficient (Wildman–Crippen LogP) is 1.84. The van der Waals surface area contributed by atoms with E-state index in [9.17, 15) is 4.79 Å². The summed E-state index contributed by atoms with van der Waals surface area (Å²) < 4.78 is 5.73. The number of para-hydroxylation sites is 2. The van der Waals surface area contributed by atoms with Crippen molar-refractivity contribution in [3.05, 3.63) is 24.3 Å². The molecule has 1 unspecified atom stereocenters. The minimum atomic E-state index is -0.490. The molecule has 0 fully saturated rings. The van der Waals surface area contributed by atoms with Crippen molar-refractivity contribution >= 4 is 12.0 Å². The number of benzene rings is 1. The van der Waals surface area contributed by atoms with Gasteiger partial charge in [-0.25, -0.2) is 0 Å². The van der Waals surface area contributed by atoms with Gasteiger partial charge >= 0.3 is 0 Å². The van der Waals surface area contributed by atoms with Crippen LogP contribution in [-0.4, -0.2) is 17.9 Å². The van der Waals surface area contributed by atoms with E-state index in [0.717, 1.165) is 17.7 Å². The zero-order chi connectivity index (χ0) is 10.2. The summed E-state index contributed by atoms with van der Waals surface area (Å²) in [4.78, 5) is 10.8. The van der Waals surface area contributed by atoms with E-state index in [-0.39, 0.29) is 6.04 Å². The Morgan fingerprint density at radius 1 is 1.43 bits per heavy atom. The Morgan fingerprint density at radius 2 is 2.14 bits per heavy atom. The number of carbonyl (C=O) groups excluding carboxylic acids is 1. The maximum atomic E-state index is 10.8. The summed E-state index contributed by atoms with van der Waals surface area (Å²) in [6.45, 7) is 3.80. The summed E-state index contributed by atoms with van der Waals surface area (Å²) in [5, 5.41) is 3.14. The van der Waals surface area contributed by atoms with Gasteiger partial charge in [-0.2, -0.15) is 0 Å². The van der Waals surface area contributed by atoms with E-state index in [1.807, 2.05) is 38.1 Å². The van der Waals surface area contributed by atoms with Crippen molar-refractivity contribution in [3.63, 3.8) is 0 Å². The number of anilines is 1. The van der Waals surface area contributed by atoms with Crippen LogP contribution in [0.3, 0.4) is 0 Å². The molecule has 14 heavy (non-hydrogen) atoms. The van der Waals surface area contributed by atoms with Crippen LogP contribution < -0.4 is 10.1 Å². The Labute approximate surface area is 83.1 Å². The lowest BCUT2D eigenvalue weighted by atomic mass is 9.97. The molecule has 0 amide bonds. The number of ether oxygens (including phenoxy) is 1. The highest BCUT2D eigenvalue weighted by molar-refractivity contribution is 5.71. The summed E-state index contributed by atoms with van der Waals surface area (Å²) in [6.07, 6.45) is 0.885. The molecule has 2 rings (SSSR count). The average molecular weight is 191 g/mol. The molecule has 1 aliphatic heterocycles. The smallest absolute Gasteiger partial charge is 0.146 e. The number of aldehydes is 1. The number of nitrogens with one attached hydrogen (secondary N) is 1. The van der Waals surface area contributed by atoms with E-state index < -0.39 is 5.60 Å². The molecule has 0 aliphatic carbocycles. The molecule has 1 atom stereocenters. The SMILES string of the molecule is CC1(C)Oc2ccccc2NC1C=O. The molecular weight excluding hydrogens is 178 g/mol. The van der Waals surface area contributed by atoms with Gasteiger partial charge in [-0.05, 0) is 26.0 Å². The third-order valence-corrected chi connectivity index (χ3v) is 2.46. The third kappa shape index (κ3) is 1.35. The number of rotatable bonds is 1. The minimum Gasteiger partial charge on any atom is -0.483 e. The molecule has 0 radical (unpaired) electrons. The van der Waals surface area contributed by atoms with Gasteiger partial charge in [-0.1, -0.05) is 12.1 Å². The Morgan fingerprint density at radius 3 is 2.86 bits per heavy atom. The largest absolute Gasteiger partial charge is 0.483 e. The van der Waals surface area contributed by atoms with Crippen LogP contribution in [0, 0.1) is 0 Å². The second-order valence-electron chi connectivity index (χ2n) is 3.96. The van der Waals surface area contributed by atoms with Crippen molar-refractivity contribution in [2.24, 2.45) is 0 Å². The molecule has 3 heteroatoms. The Hall–Kier alpha value is -1.51. The highest BCUT2D eigenvalue weighted by Crippen LogP contribution is 2.34. The zero-order valence-electron chi connectivity index (χ0n) is 8.28. The number of hydrogen-bond donors (Lipinski definition) is 1. The van der Waals surface area contributed by atoms with Crippen LogP contribution in [0.4, 0.5) is 5.69 Å². The lowest BCUT2D eigenvalue weighted by molar-refractivity contribution is -0.112. The Kier molecular flexibility index (Phi) is 1.95. The van der Waals surface area contributed by atoms with Crippen LogP contribution in [0.2, 0.25) is 0 Å². The summed E-state index contributed by atoms with van der Waals surface area (Å²) in [6, 6.07) is 7.33. The molecular formula is C11H13NO2. The summed E-state index contributed by atoms with van der Waals surface area (Å²) in [5.41, 5.74) is 0.389. The van der Waals surface area contributed by atoms with Gasteiger partial charge in [0.25, 0.3) is 0 Å². The van der Waals surface area contributed by atoms with Gasteiger partial charge < -0.3 is 14.8 Å². The molecule has 1 aromatic carbocycles. The topological polar surface area (TPSA) is 38.3 Å². The lowest BCUT2D eigenvalue weighted by Crippen LogP contribution is -2.50. The monoisotopic (exact) mass is 191 g/mol. The van der Waals surface area contributed by atoms with Crippen molar-refractivity contribution < 1.29 is 9.53 Å². The van der Waals surface area contributed by atoms with Crippen molar-refractivity contribution in [1.29, 1.82) is 0 Å². The van der Waals surface area contributed by atoms with Gasteiger partial charge in [0.05, 0.1) is 5.69 Å². The molecule has 1 heterocycles. The van der Waals surface area contributed by atoms with Crippen LogP contribution >= 0.6 is 0 Å². The van der Waals surface area contributed by atoms with Crippen LogP contribution in [0.15, 0.2) is 24.3 Å². The van der Waals surface area contributed by atoms with Crippen LogP contribution in [0.25, 0.3) is 0 Å². The molecule has 74 valence electrons. The molecule has 1 aliphatic rings. The van der Waals surface area contributed by atoms with E-state index in [4.69, 9.17) is 4.74 Å². The maximum absolute atomic E-state index is 10.8. The van der Waals surface area contributed by atoms with Gasteiger partial charge in [0.15, 0.2) is 0 Å². The third-order valence-electron chi connectivity index (χ3n) is 2.46. The number of fused-ring (bicyclic) bond motifs is 1. The van der Waals surface area contributed by atoms with E-state index in [2.05, 4.69) is 5.32 Å². The standard InChI is InChI=1S/C11H13NO2/c1-11(2)10(7-13)12-8-5-3-4-6-9(8)14-11/h3-7,10,12H,1-2H3. The van der Waals surface area contributed by atoms with Gasteiger partial charge in [-0.3, -0.25) is 0 Å².